The van der Waals surface area contributed by atoms with Crippen molar-refractivity contribution in [2.45, 2.75) is 39.3 Å². The summed E-state index contributed by atoms with van der Waals surface area (Å²) in [6.45, 7) is 5.98. The first-order valence-electron chi connectivity index (χ1n) is 10.3. The molecule has 1 N–H and O–H groups in total. The zero-order valence-corrected chi connectivity index (χ0v) is 19.4. The van der Waals surface area contributed by atoms with Crippen LogP contribution < -0.4 is 19.1 Å². The number of anilines is 1. The van der Waals surface area contributed by atoms with Crippen LogP contribution in [0, 0.1) is 12.8 Å². The summed E-state index contributed by atoms with van der Waals surface area (Å²) >= 11 is 0. The van der Waals surface area contributed by atoms with Gasteiger partial charge in [-0.3, -0.25) is 9.10 Å². The lowest BCUT2D eigenvalue weighted by atomic mass is 9.96. The predicted molar refractivity (Wildman–Crippen MR) is 121 cm³/mol. The third-order valence-corrected chi connectivity index (χ3v) is 6.36. The normalized spacial score (nSPS) is 17.0. The van der Waals surface area contributed by atoms with Crippen molar-refractivity contribution in [3.05, 3.63) is 53.6 Å². The molecule has 1 aliphatic rings. The first kappa shape index (κ1) is 22.9. The Bertz CT molecular complexity index is 1030. The van der Waals surface area contributed by atoms with Gasteiger partial charge in [-0.05, 0) is 54.7 Å². The van der Waals surface area contributed by atoms with Crippen molar-refractivity contribution in [2.75, 3.05) is 24.2 Å². The minimum atomic E-state index is -3.57. The largest absolute Gasteiger partial charge is 0.497 e. The SMILES string of the molecule is COc1ccc([C@@H](CC(C)C)NC(=O)[C@@H]2CN(S(C)(=O)=O)c3cc(C)ccc3O2)cc1. The van der Waals surface area contributed by atoms with E-state index in [0.29, 0.717) is 17.4 Å². The van der Waals surface area contributed by atoms with E-state index in [0.717, 1.165) is 29.6 Å². The van der Waals surface area contributed by atoms with Gasteiger partial charge in [0.15, 0.2) is 6.10 Å². The quantitative estimate of drug-likeness (QED) is 0.704. The Hall–Kier alpha value is -2.74. The first-order valence-corrected chi connectivity index (χ1v) is 12.1. The van der Waals surface area contributed by atoms with Crippen LogP contribution in [0.1, 0.15) is 37.4 Å². The number of amides is 1. The summed E-state index contributed by atoms with van der Waals surface area (Å²) in [4.78, 5) is 13.2. The second-order valence-corrected chi connectivity index (χ2v) is 10.2. The lowest BCUT2D eigenvalue weighted by Crippen LogP contribution is -2.51. The zero-order chi connectivity index (χ0) is 22.8. The van der Waals surface area contributed by atoms with Crippen molar-refractivity contribution < 1.29 is 22.7 Å². The predicted octanol–water partition coefficient (Wildman–Crippen LogP) is 3.43. The second kappa shape index (κ2) is 9.18. The molecule has 3 rings (SSSR count). The molecule has 0 spiro atoms. The zero-order valence-electron chi connectivity index (χ0n) is 18.6. The van der Waals surface area contributed by atoms with E-state index >= 15 is 0 Å². The molecule has 8 heteroatoms. The molecule has 0 saturated heterocycles. The third kappa shape index (κ3) is 5.50. The Morgan fingerprint density at radius 2 is 1.90 bits per heavy atom. The van der Waals surface area contributed by atoms with Gasteiger partial charge in [0.05, 0.1) is 31.6 Å². The number of rotatable bonds is 7. The van der Waals surface area contributed by atoms with Gasteiger partial charge in [0.1, 0.15) is 11.5 Å². The third-order valence-electron chi connectivity index (χ3n) is 5.22. The Labute approximate surface area is 184 Å². The molecular formula is C23H30N2O5S. The van der Waals surface area contributed by atoms with Crippen LogP contribution in [0.3, 0.4) is 0 Å². The summed E-state index contributed by atoms with van der Waals surface area (Å²) in [5.74, 6) is 1.12. The van der Waals surface area contributed by atoms with E-state index in [4.69, 9.17) is 9.47 Å². The number of methoxy groups -OCH3 is 1. The van der Waals surface area contributed by atoms with E-state index < -0.39 is 16.1 Å². The number of carbonyl (C=O) groups excluding carboxylic acids is 1. The van der Waals surface area contributed by atoms with E-state index in [9.17, 15) is 13.2 Å². The van der Waals surface area contributed by atoms with Gasteiger partial charge in [0, 0.05) is 0 Å². The Morgan fingerprint density at radius 3 is 2.48 bits per heavy atom. The highest BCUT2D eigenvalue weighted by molar-refractivity contribution is 7.92. The van der Waals surface area contributed by atoms with Crippen LogP contribution in [0.25, 0.3) is 0 Å². The molecule has 0 aromatic heterocycles. The molecule has 2 atom stereocenters. The molecule has 1 heterocycles. The van der Waals surface area contributed by atoms with Crippen molar-refractivity contribution >= 4 is 21.6 Å². The van der Waals surface area contributed by atoms with E-state index in [1.54, 1.807) is 19.2 Å². The van der Waals surface area contributed by atoms with Crippen LogP contribution in [-0.2, 0) is 14.8 Å². The van der Waals surface area contributed by atoms with E-state index in [-0.39, 0.29) is 18.5 Å². The van der Waals surface area contributed by atoms with E-state index in [1.807, 2.05) is 37.3 Å². The van der Waals surface area contributed by atoms with Crippen LogP contribution >= 0.6 is 0 Å². The lowest BCUT2D eigenvalue weighted by Gasteiger charge is -2.35. The van der Waals surface area contributed by atoms with Gasteiger partial charge in [0.2, 0.25) is 10.0 Å². The summed E-state index contributed by atoms with van der Waals surface area (Å²) in [6, 6.07) is 12.6. The van der Waals surface area contributed by atoms with Gasteiger partial charge in [-0.2, -0.15) is 0 Å². The van der Waals surface area contributed by atoms with Crippen LogP contribution in [0.2, 0.25) is 0 Å². The van der Waals surface area contributed by atoms with Gasteiger partial charge in [-0.15, -0.1) is 0 Å². The average Bonchev–Trinajstić information content (AvgIpc) is 2.71. The maximum Gasteiger partial charge on any atom is 0.263 e. The molecular weight excluding hydrogens is 416 g/mol. The number of nitrogens with one attached hydrogen (secondary N) is 1. The monoisotopic (exact) mass is 446 g/mol. The number of nitrogens with zero attached hydrogens (tertiary/aromatic N) is 1. The molecule has 0 fully saturated rings. The first-order chi connectivity index (χ1) is 14.6. The molecule has 0 aliphatic carbocycles. The fourth-order valence-corrected chi connectivity index (χ4v) is 4.57. The maximum absolute atomic E-state index is 13.2. The van der Waals surface area contributed by atoms with Crippen molar-refractivity contribution in [3.8, 4) is 11.5 Å². The van der Waals surface area contributed by atoms with Crippen LogP contribution in [0.15, 0.2) is 42.5 Å². The second-order valence-electron chi connectivity index (χ2n) is 8.34. The van der Waals surface area contributed by atoms with Crippen LogP contribution in [0.4, 0.5) is 5.69 Å². The number of benzene rings is 2. The van der Waals surface area contributed by atoms with Crippen molar-refractivity contribution in [3.63, 3.8) is 0 Å². The smallest absolute Gasteiger partial charge is 0.263 e. The van der Waals surface area contributed by atoms with Crippen LogP contribution in [-0.4, -0.2) is 40.3 Å². The maximum atomic E-state index is 13.2. The molecule has 7 nitrogen and oxygen atoms in total. The number of fused-ring (bicyclic) bond motifs is 1. The van der Waals surface area contributed by atoms with E-state index in [1.165, 1.54) is 4.31 Å². The molecule has 2 aromatic rings. The molecule has 1 amide bonds. The van der Waals surface area contributed by atoms with Gasteiger partial charge in [-0.25, -0.2) is 8.42 Å². The Balaban J connectivity index is 1.85. The van der Waals surface area contributed by atoms with Crippen molar-refractivity contribution in [2.24, 2.45) is 5.92 Å². The number of hydrogen-bond donors (Lipinski definition) is 1. The summed E-state index contributed by atoms with van der Waals surface area (Å²) in [6.07, 6.45) is 0.923. The number of carbonyl (C=O) groups is 1. The minimum absolute atomic E-state index is 0.0713. The highest BCUT2D eigenvalue weighted by Crippen LogP contribution is 2.36. The van der Waals surface area contributed by atoms with Gasteiger partial charge < -0.3 is 14.8 Å². The highest BCUT2D eigenvalue weighted by atomic mass is 32.2. The molecule has 0 radical (unpaired) electrons. The number of ether oxygens (including phenoxy) is 2. The fourth-order valence-electron chi connectivity index (χ4n) is 3.66. The van der Waals surface area contributed by atoms with Gasteiger partial charge in [0.25, 0.3) is 5.91 Å². The number of sulfonamides is 1. The fraction of sp³-hybridized carbons (Fsp3) is 0.435. The van der Waals surface area contributed by atoms with E-state index in [2.05, 4.69) is 19.2 Å². The lowest BCUT2D eigenvalue weighted by molar-refractivity contribution is -0.128. The van der Waals surface area contributed by atoms with Crippen molar-refractivity contribution in [1.82, 2.24) is 5.32 Å². The Kier molecular flexibility index (Phi) is 6.79. The number of hydrogen-bond acceptors (Lipinski definition) is 5. The topological polar surface area (TPSA) is 84.9 Å². The average molecular weight is 447 g/mol. The molecule has 31 heavy (non-hydrogen) atoms. The molecule has 0 bridgehead atoms. The standard InChI is InChI=1S/C23H30N2O5S/c1-15(2)12-19(17-7-9-18(29-4)10-8-17)24-23(26)22-14-25(31(5,27)28)20-13-16(3)6-11-21(20)30-22/h6-11,13,15,19,22H,12,14H2,1-5H3,(H,24,26)/t19-,22+/m1/s1. The van der Waals surface area contributed by atoms with Crippen molar-refractivity contribution in [1.29, 1.82) is 0 Å². The molecule has 2 aromatic carbocycles. The Morgan fingerprint density at radius 1 is 1.23 bits per heavy atom. The minimum Gasteiger partial charge on any atom is -0.497 e. The summed E-state index contributed by atoms with van der Waals surface area (Å²) in [5, 5.41) is 3.06. The highest BCUT2D eigenvalue weighted by Gasteiger charge is 2.36. The molecule has 0 saturated carbocycles. The molecule has 0 unspecified atom stereocenters. The molecule has 1 aliphatic heterocycles. The van der Waals surface area contributed by atoms with Crippen LogP contribution in [0.5, 0.6) is 11.5 Å². The number of aryl methyl sites for hydroxylation is 1. The van der Waals surface area contributed by atoms with Gasteiger partial charge in [-0.1, -0.05) is 32.0 Å². The summed E-state index contributed by atoms with van der Waals surface area (Å²) in [5.41, 5.74) is 2.32. The molecule has 168 valence electrons. The summed E-state index contributed by atoms with van der Waals surface area (Å²) < 4.78 is 37.2. The van der Waals surface area contributed by atoms with Gasteiger partial charge >= 0.3 is 0 Å². The summed E-state index contributed by atoms with van der Waals surface area (Å²) in [7, 11) is -1.96.